The lowest BCUT2D eigenvalue weighted by Gasteiger charge is -2.30. The van der Waals surface area contributed by atoms with Gasteiger partial charge in [-0.2, -0.15) is 0 Å². The summed E-state index contributed by atoms with van der Waals surface area (Å²) in [7, 11) is 0. The molecular weight excluding hydrogens is 439 g/mol. The Kier molecular flexibility index (Phi) is 9.53. The van der Waals surface area contributed by atoms with E-state index in [1.165, 1.54) is 11.8 Å². The average molecular weight is 467 g/mol. The minimum Gasteiger partial charge on any atom is -0.352 e. The third-order valence-electron chi connectivity index (χ3n) is 4.94. The zero-order valence-corrected chi connectivity index (χ0v) is 20.1. The fourth-order valence-electron chi connectivity index (χ4n) is 2.76. The number of rotatable bonds is 9. The normalized spacial score (nSPS) is 12.9. The molecule has 7 heteroatoms. The Bertz CT molecular complexity index is 854. The number of benzene rings is 2. The van der Waals surface area contributed by atoms with Crippen molar-refractivity contribution < 1.29 is 9.59 Å². The Balaban J connectivity index is 2.21. The van der Waals surface area contributed by atoms with E-state index in [2.05, 4.69) is 5.32 Å². The number of carbonyl (C=O) groups excluding carboxylic acids is 2. The number of nitrogens with one attached hydrogen (secondary N) is 1. The summed E-state index contributed by atoms with van der Waals surface area (Å²) in [5.41, 5.74) is 1.80. The third-order valence-corrected chi connectivity index (χ3v) is 6.65. The first-order valence-corrected chi connectivity index (χ1v) is 11.7. The SMILES string of the molecule is CC[C@H](C)NC(=O)[C@H](C)N(Cc1c(Cl)cccc1Cl)C(=O)CSc1ccc(C)cc1. The van der Waals surface area contributed by atoms with E-state index in [4.69, 9.17) is 23.2 Å². The first-order chi connectivity index (χ1) is 14.2. The van der Waals surface area contributed by atoms with Crippen LogP contribution in [0.3, 0.4) is 0 Å². The van der Waals surface area contributed by atoms with Gasteiger partial charge in [-0.3, -0.25) is 9.59 Å². The van der Waals surface area contributed by atoms with E-state index in [9.17, 15) is 9.59 Å². The largest absolute Gasteiger partial charge is 0.352 e. The molecule has 162 valence electrons. The maximum atomic E-state index is 13.2. The lowest BCUT2D eigenvalue weighted by Crippen LogP contribution is -2.50. The fraction of sp³-hybridized carbons (Fsp3) is 0.391. The zero-order valence-electron chi connectivity index (χ0n) is 17.7. The van der Waals surface area contributed by atoms with Crippen LogP contribution in [-0.2, 0) is 16.1 Å². The highest BCUT2D eigenvalue weighted by Crippen LogP contribution is 2.27. The molecule has 1 N–H and O–H groups in total. The number of aryl methyl sites for hydroxylation is 1. The van der Waals surface area contributed by atoms with Gasteiger partial charge in [0.25, 0.3) is 0 Å². The molecule has 0 saturated heterocycles. The smallest absolute Gasteiger partial charge is 0.242 e. The topological polar surface area (TPSA) is 49.4 Å². The second-order valence-corrected chi connectivity index (χ2v) is 9.18. The minimum atomic E-state index is -0.655. The monoisotopic (exact) mass is 466 g/mol. The van der Waals surface area contributed by atoms with Gasteiger partial charge in [0.1, 0.15) is 6.04 Å². The van der Waals surface area contributed by atoms with Gasteiger partial charge in [0.15, 0.2) is 0 Å². The van der Waals surface area contributed by atoms with Gasteiger partial charge in [-0.1, -0.05) is 53.9 Å². The van der Waals surface area contributed by atoms with Gasteiger partial charge in [0.2, 0.25) is 11.8 Å². The summed E-state index contributed by atoms with van der Waals surface area (Å²) in [5, 5.41) is 3.90. The van der Waals surface area contributed by atoms with Crippen LogP contribution in [0.2, 0.25) is 10.0 Å². The molecule has 2 amide bonds. The lowest BCUT2D eigenvalue weighted by atomic mass is 10.1. The number of carbonyl (C=O) groups is 2. The molecule has 0 aromatic heterocycles. The van der Waals surface area contributed by atoms with Crippen molar-refractivity contribution in [3.63, 3.8) is 0 Å². The van der Waals surface area contributed by atoms with Crippen molar-refractivity contribution in [2.24, 2.45) is 0 Å². The molecule has 0 unspecified atom stereocenters. The number of amides is 2. The summed E-state index contributed by atoms with van der Waals surface area (Å²) >= 11 is 14.1. The molecule has 0 saturated carbocycles. The molecule has 0 fully saturated rings. The van der Waals surface area contributed by atoms with Gasteiger partial charge in [0, 0.05) is 33.1 Å². The first-order valence-electron chi connectivity index (χ1n) is 9.95. The first kappa shape index (κ1) is 24.6. The number of nitrogens with zero attached hydrogens (tertiary/aromatic N) is 1. The van der Waals surface area contributed by atoms with E-state index in [1.54, 1.807) is 30.0 Å². The molecule has 30 heavy (non-hydrogen) atoms. The summed E-state index contributed by atoms with van der Waals surface area (Å²) in [5.74, 6) is -0.129. The minimum absolute atomic E-state index is 0.0303. The van der Waals surface area contributed by atoms with Crippen molar-refractivity contribution in [2.45, 2.75) is 57.6 Å². The Morgan fingerprint density at radius 3 is 2.23 bits per heavy atom. The standard InChI is InChI=1S/C23H28Cl2N2O2S/c1-5-16(3)26-23(29)17(4)27(13-19-20(24)7-6-8-21(19)25)22(28)14-30-18-11-9-15(2)10-12-18/h6-12,16-17H,5,13-14H2,1-4H3,(H,26,29)/t16-,17-/m0/s1. The number of hydrogen-bond donors (Lipinski definition) is 1. The van der Waals surface area contributed by atoms with Gasteiger partial charge < -0.3 is 10.2 Å². The molecule has 2 aromatic rings. The lowest BCUT2D eigenvalue weighted by molar-refractivity contribution is -0.138. The van der Waals surface area contributed by atoms with Crippen molar-refractivity contribution in [1.82, 2.24) is 10.2 Å². The van der Waals surface area contributed by atoms with Gasteiger partial charge in [-0.15, -0.1) is 11.8 Å². The molecule has 0 radical (unpaired) electrons. The van der Waals surface area contributed by atoms with Crippen LogP contribution in [0, 0.1) is 6.92 Å². The third kappa shape index (κ3) is 6.93. The summed E-state index contributed by atoms with van der Waals surface area (Å²) < 4.78 is 0. The molecule has 4 nitrogen and oxygen atoms in total. The van der Waals surface area contributed by atoms with Crippen molar-refractivity contribution >= 4 is 46.8 Å². The van der Waals surface area contributed by atoms with Crippen LogP contribution in [0.25, 0.3) is 0 Å². The van der Waals surface area contributed by atoms with Crippen LogP contribution in [-0.4, -0.2) is 34.6 Å². The van der Waals surface area contributed by atoms with E-state index in [0.29, 0.717) is 15.6 Å². The number of thioether (sulfide) groups is 1. The Morgan fingerprint density at radius 1 is 1.07 bits per heavy atom. The van der Waals surface area contributed by atoms with Crippen molar-refractivity contribution in [1.29, 1.82) is 0 Å². The highest BCUT2D eigenvalue weighted by Gasteiger charge is 2.28. The van der Waals surface area contributed by atoms with Gasteiger partial charge >= 0.3 is 0 Å². The molecule has 2 atom stereocenters. The van der Waals surface area contributed by atoms with Crippen molar-refractivity contribution in [3.05, 3.63) is 63.6 Å². The predicted molar refractivity (Wildman–Crippen MR) is 126 cm³/mol. The van der Waals surface area contributed by atoms with Crippen LogP contribution in [0.1, 0.15) is 38.3 Å². The molecule has 0 spiro atoms. The summed E-state index contributed by atoms with van der Waals surface area (Å²) in [6.07, 6.45) is 0.812. The van der Waals surface area contributed by atoms with Crippen LogP contribution in [0.4, 0.5) is 0 Å². The Labute approximate surface area is 193 Å². The quantitative estimate of drug-likeness (QED) is 0.480. The molecular formula is C23H28Cl2N2O2S. The summed E-state index contributed by atoms with van der Waals surface area (Å²) in [4.78, 5) is 28.5. The van der Waals surface area contributed by atoms with Crippen molar-refractivity contribution in [2.75, 3.05) is 5.75 Å². The molecule has 2 rings (SSSR count). The van der Waals surface area contributed by atoms with E-state index in [-0.39, 0.29) is 30.2 Å². The van der Waals surface area contributed by atoms with Crippen LogP contribution >= 0.6 is 35.0 Å². The predicted octanol–water partition coefficient (Wildman–Crippen LogP) is 5.73. The molecule has 0 bridgehead atoms. The van der Waals surface area contributed by atoms with Gasteiger partial charge in [-0.25, -0.2) is 0 Å². The Morgan fingerprint density at radius 2 is 1.67 bits per heavy atom. The van der Waals surface area contributed by atoms with E-state index in [0.717, 1.165) is 16.9 Å². The molecule has 2 aromatic carbocycles. The highest BCUT2D eigenvalue weighted by atomic mass is 35.5. The van der Waals surface area contributed by atoms with E-state index in [1.807, 2.05) is 45.0 Å². The van der Waals surface area contributed by atoms with Crippen molar-refractivity contribution in [3.8, 4) is 0 Å². The fourth-order valence-corrected chi connectivity index (χ4v) is 4.07. The molecule has 0 aliphatic carbocycles. The van der Waals surface area contributed by atoms with Gasteiger partial charge in [0.05, 0.1) is 5.75 Å². The zero-order chi connectivity index (χ0) is 22.3. The second-order valence-electron chi connectivity index (χ2n) is 7.32. The van der Waals surface area contributed by atoms with Crippen LogP contribution < -0.4 is 5.32 Å². The average Bonchev–Trinajstić information content (AvgIpc) is 2.72. The molecule has 0 heterocycles. The Hall–Kier alpha value is -1.69. The van der Waals surface area contributed by atoms with Crippen LogP contribution in [0.15, 0.2) is 47.4 Å². The van der Waals surface area contributed by atoms with E-state index >= 15 is 0 Å². The summed E-state index contributed by atoms with van der Waals surface area (Å²) in [6.45, 7) is 7.86. The maximum absolute atomic E-state index is 13.2. The van der Waals surface area contributed by atoms with E-state index < -0.39 is 6.04 Å². The summed E-state index contributed by atoms with van der Waals surface area (Å²) in [6, 6.07) is 12.6. The molecule has 0 aliphatic heterocycles. The number of halogens is 2. The second kappa shape index (κ2) is 11.6. The van der Waals surface area contributed by atoms with Crippen LogP contribution in [0.5, 0.6) is 0 Å². The maximum Gasteiger partial charge on any atom is 0.242 e. The molecule has 0 aliphatic rings. The number of hydrogen-bond acceptors (Lipinski definition) is 3. The highest BCUT2D eigenvalue weighted by molar-refractivity contribution is 8.00. The van der Waals surface area contributed by atoms with Gasteiger partial charge in [-0.05, 0) is 51.5 Å².